The van der Waals surface area contributed by atoms with Gasteiger partial charge in [0.1, 0.15) is 36.0 Å². The average molecular weight is 555 g/mol. The molecular weight excluding hydrogens is 520 g/mol. The van der Waals surface area contributed by atoms with Crippen molar-refractivity contribution in [3.8, 4) is 28.8 Å². The third-order valence-corrected chi connectivity index (χ3v) is 8.05. The van der Waals surface area contributed by atoms with Crippen LogP contribution in [0.15, 0.2) is 55.1 Å². The Hall–Kier alpha value is -4.24. The first kappa shape index (κ1) is 23.5. The van der Waals surface area contributed by atoms with Crippen LogP contribution in [0.5, 0.6) is 11.5 Å². The molecule has 0 aliphatic carbocycles. The van der Waals surface area contributed by atoms with Gasteiger partial charge in [-0.15, -0.1) is 0 Å². The van der Waals surface area contributed by atoms with E-state index in [1.807, 2.05) is 12.1 Å². The summed E-state index contributed by atoms with van der Waals surface area (Å²) in [7, 11) is 1.68. The quantitative estimate of drug-likeness (QED) is 0.349. The summed E-state index contributed by atoms with van der Waals surface area (Å²) in [4.78, 5) is 14.3. The highest BCUT2D eigenvalue weighted by Crippen LogP contribution is 2.36. The van der Waals surface area contributed by atoms with Gasteiger partial charge >= 0.3 is 0 Å². The monoisotopic (exact) mass is 554 g/mol. The van der Waals surface area contributed by atoms with Crippen molar-refractivity contribution in [2.45, 2.75) is 31.2 Å². The number of piperidine rings is 1. The number of rotatable bonds is 8. The van der Waals surface area contributed by atoms with E-state index in [1.54, 1.807) is 31.8 Å². The van der Waals surface area contributed by atoms with E-state index in [9.17, 15) is 5.26 Å². The van der Waals surface area contributed by atoms with E-state index >= 15 is 0 Å². The van der Waals surface area contributed by atoms with E-state index in [0.29, 0.717) is 54.1 Å². The number of piperazine rings is 1. The van der Waals surface area contributed by atoms with Gasteiger partial charge in [0, 0.05) is 50.4 Å². The molecule has 2 bridgehead atoms. The number of pyridine rings is 1. The van der Waals surface area contributed by atoms with Crippen molar-refractivity contribution in [1.82, 2.24) is 29.8 Å². The Kier molecular flexibility index (Phi) is 6.28. The standard InChI is InChI=1S/C30H32N8O3/c1-39-24-4-2-20(3-5-24)15-37-22-8-23(37)17-36(16-22)29-14-33-28(13-34-29)27-9-25(41-19-26-12-32-6-7-40-26)18-38-30(27)21(10-31)11-35-38/h2-5,9,11,13-14,18,22-23,26,32H,6-8,12,15-17,19H2,1H3/i19D2. The zero-order valence-electron chi connectivity index (χ0n) is 24.7. The Morgan fingerprint density at radius 2 is 2.00 bits per heavy atom. The van der Waals surface area contributed by atoms with Crippen LogP contribution in [-0.2, 0) is 11.3 Å². The molecular formula is C30H32N8O3. The first-order valence-electron chi connectivity index (χ1n) is 14.8. The lowest BCUT2D eigenvalue weighted by atomic mass is 9.87. The highest BCUT2D eigenvalue weighted by molar-refractivity contribution is 5.83. The molecule has 4 saturated heterocycles. The molecule has 4 fully saturated rings. The maximum absolute atomic E-state index is 9.73. The molecule has 11 heteroatoms. The highest BCUT2D eigenvalue weighted by atomic mass is 16.5. The number of methoxy groups -OCH3 is 1. The number of ether oxygens (including phenoxy) is 3. The predicted molar refractivity (Wildman–Crippen MR) is 152 cm³/mol. The number of benzene rings is 1. The second kappa shape index (κ2) is 11.0. The SMILES string of the molecule is [2H]C([2H])(Oc1cc(-c2cnc(N3CC4CC(C3)N4Cc3ccc(OC)cc3)cn2)c2c(C#N)cnn2c1)C1CNCCO1. The minimum atomic E-state index is -2.09. The van der Waals surface area contributed by atoms with E-state index < -0.39 is 12.7 Å². The van der Waals surface area contributed by atoms with E-state index in [4.69, 9.17) is 26.9 Å². The summed E-state index contributed by atoms with van der Waals surface area (Å²) in [6, 6.07) is 13.0. The molecule has 0 amide bonds. The average Bonchev–Trinajstić information content (AvgIpc) is 3.47. The van der Waals surface area contributed by atoms with E-state index in [0.717, 1.165) is 31.2 Å². The lowest BCUT2D eigenvalue weighted by molar-refractivity contribution is -0.00870. The second-order valence-corrected chi connectivity index (χ2v) is 10.6. The van der Waals surface area contributed by atoms with Crippen LogP contribution < -0.4 is 19.7 Å². The van der Waals surface area contributed by atoms with E-state index in [-0.39, 0.29) is 5.75 Å². The summed E-state index contributed by atoms with van der Waals surface area (Å²) in [6.45, 7) is 2.00. The molecule has 41 heavy (non-hydrogen) atoms. The molecule has 1 N–H and O–H groups in total. The molecule has 3 atom stereocenters. The number of anilines is 1. The molecule has 7 heterocycles. The predicted octanol–water partition coefficient (Wildman–Crippen LogP) is 2.50. The smallest absolute Gasteiger partial charge is 0.147 e. The van der Waals surface area contributed by atoms with Crippen LogP contribution in [-0.4, -0.2) is 89.1 Å². The van der Waals surface area contributed by atoms with Crippen molar-refractivity contribution in [2.24, 2.45) is 0 Å². The van der Waals surface area contributed by atoms with Gasteiger partial charge in [-0.05, 0) is 30.2 Å². The molecule has 8 rings (SSSR count). The number of aromatic nitrogens is 4. The molecule has 0 spiro atoms. The fourth-order valence-electron chi connectivity index (χ4n) is 5.90. The Bertz CT molecular complexity index is 1640. The number of morpholine rings is 1. The molecule has 11 nitrogen and oxygen atoms in total. The Morgan fingerprint density at radius 1 is 1.15 bits per heavy atom. The van der Waals surface area contributed by atoms with Crippen LogP contribution in [0.2, 0.25) is 0 Å². The maximum Gasteiger partial charge on any atom is 0.147 e. The Balaban J connectivity index is 1.09. The fraction of sp³-hybridized carbons (Fsp3) is 0.400. The molecule has 1 aromatic carbocycles. The number of fused-ring (bicyclic) bond motifs is 3. The Morgan fingerprint density at radius 3 is 2.71 bits per heavy atom. The molecule has 3 aromatic heterocycles. The number of hydrogen-bond acceptors (Lipinski definition) is 10. The largest absolute Gasteiger partial charge is 0.497 e. The molecule has 4 aliphatic rings. The summed E-state index contributed by atoms with van der Waals surface area (Å²) < 4.78 is 35.2. The van der Waals surface area contributed by atoms with Crippen LogP contribution in [0.1, 0.15) is 20.3 Å². The van der Waals surface area contributed by atoms with Gasteiger partial charge in [0.15, 0.2) is 0 Å². The van der Waals surface area contributed by atoms with Gasteiger partial charge in [-0.3, -0.25) is 9.88 Å². The molecule has 4 aliphatic heterocycles. The third kappa shape index (κ3) is 5.06. The van der Waals surface area contributed by atoms with Crippen molar-refractivity contribution >= 4 is 11.3 Å². The van der Waals surface area contributed by atoms with Crippen molar-refractivity contribution in [3.05, 3.63) is 66.2 Å². The lowest BCUT2D eigenvalue weighted by Crippen LogP contribution is -2.68. The van der Waals surface area contributed by atoms with Gasteiger partial charge in [-0.2, -0.15) is 10.4 Å². The number of nitriles is 1. The van der Waals surface area contributed by atoms with Gasteiger partial charge in [-0.1, -0.05) is 12.1 Å². The van der Waals surface area contributed by atoms with E-state index in [2.05, 4.69) is 38.4 Å². The minimum Gasteiger partial charge on any atom is -0.497 e. The molecule has 4 aromatic rings. The van der Waals surface area contributed by atoms with Crippen molar-refractivity contribution in [2.75, 3.05) is 51.4 Å². The number of nitrogens with one attached hydrogen (secondary N) is 1. The summed E-state index contributed by atoms with van der Waals surface area (Å²) in [5.74, 6) is 1.91. The summed E-state index contributed by atoms with van der Waals surface area (Å²) in [5.41, 5.74) is 3.33. The summed E-state index contributed by atoms with van der Waals surface area (Å²) in [6.07, 6.45) is 6.91. The van der Waals surface area contributed by atoms with Crippen LogP contribution in [0.3, 0.4) is 0 Å². The highest BCUT2D eigenvalue weighted by Gasteiger charge is 2.44. The normalized spacial score (nSPS) is 23.3. The summed E-state index contributed by atoms with van der Waals surface area (Å²) >= 11 is 0. The van der Waals surface area contributed by atoms with Gasteiger partial charge in [-0.25, -0.2) is 9.50 Å². The van der Waals surface area contributed by atoms with Crippen molar-refractivity contribution in [1.29, 1.82) is 5.26 Å². The third-order valence-electron chi connectivity index (χ3n) is 8.05. The van der Waals surface area contributed by atoms with Crippen LogP contribution in [0.25, 0.3) is 16.8 Å². The molecule has 210 valence electrons. The first-order chi connectivity index (χ1) is 20.9. The van der Waals surface area contributed by atoms with Gasteiger partial charge < -0.3 is 24.4 Å². The number of nitrogens with zero attached hydrogens (tertiary/aromatic N) is 7. The zero-order valence-corrected chi connectivity index (χ0v) is 22.7. The van der Waals surface area contributed by atoms with Gasteiger partial charge in [0.05, 0.1) is 58.0 Å². The molecule has 0 radical (unpaired) electrons. The van der Waals surface area contributed by atoms with Gasteiger partial charge in [0.2, 0.25) is 0 Å². The second-order valence-electron chi connectivity index (χ2n) is 10.6. The first-order valence-corrected chi connectivity index (χ1v) is 13.8. The van der Waals surface area contributed by atoms with Crippen LogP contribution in [0, 0.1) is 11.3 Å². The lowest BCUT2D eigenvalue weighted by Gasteiger charge is -2.56. The molecule has 3 unspecified atom stereocenters. The topological polar surface area (TPSA) is 113 Å². The van der Waals surface area contributed by atoms with Crippen LogP contribution >= 0.6 is 0 Å². The summed E-state index contributed by atoms with van der Waals surface area (Å²) in [5, 5.41) is 17.2. The number of hydrogen-bond donors (Lipinski definition) is 1. The Labute approximate surface area is 241 Å². The van der Waals surface area contributed by atoms with Crippen molar-refractivity contribution in [3.63, 3.8) is 0 Å². The molecule has 0 saturated carbocycles. The van der Waals surface area contributed by atoms with Crippen LogP contribution in [0.4, 0.5) is 5.82 Å². The van der Waals surface area contributed by atoms with Gasteiger partial charge in [0.25, 0.3) is 0 Å². The maximum atomic E-state index is 9.73. The zero-order chi connectivity index (χ0) is 29.6. The van der Waals surface area contributed by atoms with Crippen molar-refractivity contribution < 1.29 is 17.0 Å². The minimum absolute atomic E-state index is 0.244. The van der Waals surface area contributed by atoms with E-state index in [1.165, 1.54) is 22.7 Å². The fourth-order valence-corrected chi connectivity index (χ4v) is 5.90.